The third-order valence-corrected chi connectivity index (χ3v) is 5.03. The van der Waals surface area contributed by atoms with Gasteiger partial charge in [0.25, 0.3) is 5.91 Å². The fraction of sp³-hybridized carbons (Fsp3) is 0.154. The van der Waals surface area contributed by atoms with Gasteiger partial charge in [0.15, 0.2) is 6.61 Å². The Hall–Kier alpha value is -4.26. The molecule has 33 heavy (non-hydrogen) atoms. The molecular formula is C26H23NO6. The van der Waals surface area contributed by atoms with E-state index in [0.29, 0.717) is 33.9 Å². The topological polar surface area (TPSA) is 87.0 Å². The van der Waals surface area contributed by atoms with E-state index in [2.05, 4.69) is 5.32 Å². The van der Waals surface area contributed by atoms with Crippen molar-refractivity contribution >= 4 is 22.6 Å². The number of fused-ring (bicyclic) bond motifs is 1. The molecule has 0 unspecified atom stereocenters. The first-order valence-corrected chi connectivity index (χ1v) is 10.3. The van der Waals surface area contributed by atoms with Gasteiger partial charge in [0.05, 0.1) is 18.2 Å². The van der Waals surface area contributed by atoms with Gasteiger partial charge >= 0.3 is 0 Å². The molecule has 0 saturated heterocycles. The molecular weight excluding hydrogens is 422 g/mol. The number of aryl methyl sites for hydroxylation is 2. The molecule has 0 bridgehead atoms. The highest BCUT2D eigenvalue weighted by Crippen LogP contribution is 2.27. The number of para-hydroxylation sites is 2. The van der Waals surface area contributed by atoms with Crippen LogP contribution in [0.2, 0.25) is 0 Å². The summed E-state index contributed by atoms with van der Waals surface area (Å²) < 4.78 is 22.2. The van der Waals surface area contributed by atoms with Crippen molar-refractivity contribution in [1.29, 1.82) is 0 Å². The Bertz CT molecular complexity index is 1380. The van der Waals surface area contributed by atoms with Crippen LogP contribution in [-0.4, -0.2) is 19.6 Å². The number of anilines is 1. The minimum absolute atomic E-state index is 0.0982. The maximum absolute atomic E-state index is 12.9. The molecule has 1 N–H and O–H groups in total. The van der Waals surface area contributed by atoms with Crippen LogP contribution in [0.25, 0.3) is 11.0 Å². The van der Waals surface area contributed by atoms with Crippen LogP contribution in [-0.2, 0) is 4.79 Å². The van der Waals surface area contributed by atoms with Crippen molar-refractivity contribution in [1.82, 2.24) is 0 Å². The largest absolute Gasteiger partial charge is 0.495 e. The van der Waals surface area contributed by atoms with Gasteiger partial charge in [-0.2, -0.15) is 0 Å². The Morgan fingerprint density at radius 2 is 1.79 bits per heavy atom. The smallest absolute Gasteiger partial charge is 0.262 e. The second kappa shape index (κ2) is 9.48. The summed E-state index contributed by atoms with van der Waals surface area (Å²) >= 11 is 0. The lowest BCUT2D eigenvalue weighted by Gasteiger charge is -2.11. The highest BCUT2D eigenvalue weighted by atomic mass is 16.5. The second-order valence-electron chi connectivity index (χ2n) is 7.50. The lowest BCUT2D eigenvalue weighted by Crippen LogP contribution is -2.20. The minimum atomic E-state index is -0.349. The molecule has 0 fully saturated rings. The first-order chi connectivity index (χ1) is 15.9. The normalized spacial score (nSPS) is 10.6. The van der Waals surface area contributed by atoms with Crippen LogP contribution in [0, 0.1) is 13.8 Å². The van der Waals surface area contributed by atoms with Gasteiger partial charge in [-0.05, 0) is 55.3 Å². The highest BCUT2D eigenvalue weighted by molar-refractivity contribution is 5.93. The summed E-state index contributed by atoms with van der Waals surface area (Å²) in [6.07, 6.45) is 1.28. The molecule has 0 spiro atoms. The Balaban J connectivity index is 1.47. The predicted octanol–water partition coefficient (Wildman–Crippen LogP) is 5.23. The van der Waals surface area contributed by atoms with E-state index in [9.17, 15) is 9.59 Å². The Morgan fingerprint density at radius 3 is 2.61 bits per heavy atom. The average Bonchev–Trinajstić information content (AvgIpc) is 2.82. The van der Waals surface area contributed by atoms with Crippen LogP contribution in [0.15, 0.2) is 76.1 Å². The van der Waals surface area contributed by atoms with E-state index < -0.39 is 0 Å². The molecule has 1 heterocycles. The van der Waals surface area contributed by atoms with Gasteiger partial charge in [0.1, 0.15) is 29.1 Å². The zero-order valence-corrected chi connectivity index (χ0v) is 18.5. The summed E-state index contributed by atoms with van der Waals surface area (Å²) in [4.78, 5) is 25.1. The van der Waals surface area contributed by atoms with Crippen molar-refractivity contribution in [2.75, 3.05) is 19.0 Å². The molecule has 0 aliphatic rings. The number of methoxy groups -OCH3 is 1. The van der Waals surface area contributed by atoms with Crippen molar-refractivity contribution in [3.8, 4) is 23.0 Å². The minimum Gasteiger partial charge on any atom is -0.495 e. The van der Waals surface area contributed by atoms with E-state index in [4.69, 9.17) is 18.6 Å². The van der Waals surface area contributed by atoms with E-state index in [1.54, 1.807) is 36.4 Å². The van der Waals surface area contributed by atoms with Gasteiger partial charge in [-0.3, -0.25) is 9.59 Å². The fourth-order valence-corrected chi connectivity index (χ4v) is 3.27. The van der Waals surface area contributed by atoms with E-state index in [1.165, 1.54) is 13.4 Å². The standard InChI is InChI=1S/C26H23NO6/c1-16-8-9-17(2)22(12-16)33-24-14-32-23-13-18(10-11-19(23)26(24)29)31-15-25(28)27-20-6-4-5-7-21(20)30-3/h4-14H,15H2,1-3H3,(H,27,28). The number of hydrogen-bond donors (Lipinski definition) is 1. The summed E-state index contributed by atoms with van der Waals surface area (Å²) in [5.41, 5.74) is 2.52. The average molecular weight is 445 g/mol. The number of amides is 1. The van der Waals surface area contributed by atoms with Crippen LogP contribution in [0.1, 0.15) is 11.1 Å². The SMILES string of the molecule is COc1ccccc1NC(=O)COc1ccc2c(=O)c(Oc3cc(C)ccc3C)coc2c1. The lowest BCUT2D eigenvalue weighted by atomic mass is 10.1. The zero-order chi connectivity index (χ0) is 23.4. The van der Waals surface area contributed by atoms with E-state index >= 15 is 0 Å². The number of benzene rings is 3. The molecule has 4 rings (SSSR count). The number of hydrogen-bond acceptors (Lipinski definition) is 6. The molecule has 7 heteroatoms. The van der Waals surface area contributed by atoms with Crippen LogP contribution in [0.4, 0.5) is 5.69 Å². The molecule has 7 nitrogen and oxygen atoms in total. The van der Waals surface area contributed by atoms with Crippen molar-refractivity contribution < 1.29 is 23.4 Å². The van der Waals surface area contributed by atoms with Crippen molar-refractivity contribution in [3.05, 3.63) is 88.3 Å². The van der Waals surface area contributed by atoms with Gasteiger partial charge in [-0.15, -0.1) is 0 Å². The summed E-state index contributed by atoms with van der Waals surface area (Å²) in [7, 11) is 1.53. The van der Waals surface area contributed by atoms with E-state index in [0.717, 1.165) is 11.1 Å². The fourth-order valence-electron chi connectivity index (χ4n) is 3.27. The Morgan fingerprint density at radius 1 is 0.970 bits per heavy atom. The summed E-state index contributed by atoms with van der Waals surface area (Å²) in [6.45, 7) is 3.64. The third kappa shape index (κ3) is 4.98. The monoisotopic (exact) mass is 445 g/mol. The van der Waals surface area contributed by atoms with Crippen LogP contribution in [0.3, 0.4) is 0 Å². The zero-order valence-electron chi connectivity index (χ0n) is 18.5. The Kier molecular flexibility index (Phi) is 6.31. The van der Waals surface area contributed by atoms with Gasteiger partial charge in [-0.25, -0.2) is 0 Å². The number of ether oxygens (including phenoxy) is 3. The molecule has 3 aromatic carbocycles. The number of rotatable bonds is 7. The maximum atomic E-state index is 12.9. The molecule has 1 aromatic heterocycles. The van der Waals surface area contributed by atoms with Crippen LogP contribution >= 0.6 is 0 Å². The van der Waals surface area contributed by atoms with Gasteiger partial charge in [0, 0.05) is 6.07 Å². The summed E-state index contributed by atoms with van der Waals surface area (Å²) in [6, 6.07) is 17.6. The number of nitrogens with one attached hydrogen (secondary N) is 1. The molecule has 0 radical (unpaired) electrons. The quantitative estimate of drug-likeness (QED) is 0.419. The van der Waals surface area contributed by atoms with Crippen molar-refractivity contribution in [2.24, 2.45) is 0 Å². The predicted molar refractivity (Wildman–Crippen MR) is 126 cm³/mol. The highest BCUT2D eigenvalue weighted by Gasteiger charge is 2.13. The molecule has 4 aromatic rings. The van der Waals surface area contributed by atoms with Gasteiger partial charge < -0.3 is 23.9 Å². The van der Waals surface area contributed by atoms with E-state index in [1.807, 2.05) is 38.1 Å². The van der Waals surface area contributed by atoms with Gasteiger partial charge in [0.2, 0.25) is 11.2 Å². The van der Waals surface area contributed by atoms with Crippen molar-refractivity contribution in [2.45, 2.75) is 13.8 Å². The Labute approximate surface area is 190 Å². The number of carbonyl (C=O) groups excluding carboxylic acids is 1. The maximum Gasteiger partial charge on any atom is 0.262 e. The lowest BCUT2D eigenvalue weighted by molar-refractivity contribution is -0.118. The molecule has 0 saturated carbocycles. The summed E-state index contributed by atoms with van der Waals surface area (Å²) in [5.74, 6) is 1.29. The van der Waals surface area contributed by atoms with Crippen molar-refractivity contribution in [3.63, 3.8) is 0 Å². The molecule has 0 aliphatic carbocycles. The first kappa shape index (κ1) is 22.0. The summed E-state index contributed by atoms with van der Waals surface area (Å²) in [5, 5.41) is 3.09. The second-order valence-corrected chi connectivity index (χ2v) is 7.50. The molecule has 0 aliphatic heterocycles. The molecule has 0 atom stereocenters. The number of carbonyl (C=O) groups is 1. The van der Waals surface area contributed by atoms with Gasteiger partial charge in [-0.1, -0.05) is 24.3 Å². The van der Waals surface area contributed by atoms with E-state index in [-0.39, 0.29) is 23.7 Å². The first-order valence-electron chi connectivity index (χ1n) is 10.3. The molecule has 1 amide bonds. The third-order valence-electron chi connectivity index (χ3n) is 5.03. The molecule has 168 valence electrons. The van der Waals surface area contributed by atoms with Crippen LogP contribution in [0.5, 0.6) is 23.0 Å². The van der Waals surface area contributed by atoms with Crippen LogP contribution < -0.4 is 25.0 Å².